The van der Waals surface area contributed by atoms with E-state index in [-0.39, 0.29) is 16.9 Å². The lowest BCUT2D eigenvalue weighted by Crippen LogP contribution is -2.33. The van der Waals surface area contributed by atoms with Gasteiger partial charge in [-0.1, -0.05) is 35.0 Å². The summed E-state index contributed by atoms with van der Waals surface area (Å²) in [6.45, 7) is 0. The van der Waals surface area contributed by atoms with Gasteiger partial charge in [0.05, 0.1) is 23.9 Å². The van der Waals surface area contributed by atoms with Crippen LogP contribution in [-0.4, -0.2) is 45.3 Å². The molecule has 0 fully saturated rings. The molecule has 0 spiro atoms. The second-order valence-electron chi connectivity index (χ2n) is 5.98. The highest BCUT2D eigenvalue weighted by Gasteiger charge is 2.38. The van der Waals surface area contributed by atoms with E-state index in [1.54, 1.807) is 36.2 Å². The summed E-state index contributed by atoms with van der Waals surface area (Å²) < 4.78 is 7.02. The standard InChI is InChI=1S/C20H15N3O5S/c1-27-14-6-4-5-13(11-14)22-10-9-21-20(22)29-12-17(24)28-23-18(25)15-7-2-3-8-16(15)19(23)26/h2-11H,12H2,1H3. The quantitative estimate of drug-likeness (QED) is 0.457. The maximum atomic E-state index is 12.3. The molecule has 29 heavy (non-hydrogen) atoms. The van der Waals surface area contributed by atoms with Gasteiger partial charge in [0.25, 0.3) is 11.8 Å². The van der Waals surface area contributed by atoms with Gasteiger partial charge < -0.3 is 9.57 Å². The van der Waals surface area contributed by atoms with Crippen LogP contribution in [0.25, 0.3) is 5.69 Å². The Balaban J connectivity index is 1.42. The number of nitrogens with zero attached hydrogens (tertiary/aromatic N) is 3. The molecule has 9 heteroatoms. The molecule has 4 rings (SSSR count). The molecular weight excluding hydrogens is 394 g/mol. The lowest BCUT2D eigenvalue weighted by Gasteiger charge is -2.13. The van der Waals surface area contributed by atoms with E-state index in [9.17, 15) is 14.4 Å². The second-order valence-corrected chi connectivity index (χ2v) is 6.93. The molecule has 146 valence electrons. The molecular formula is C20H15N3O5S. The van der Waals surface area contributed by atoms with Crippen LogP contribution in [-0.2, 0) is 9.63 Å². The Hall–Kier alpha value is -3.59. The zero-order valence-corrected chi connectivity index (χ0v) is 16.1. The molecule has 0 bridgehead atoms. The first kappa shape index (κ1) is 18.8. The number of thioether (sulfide) groups is 1. The summed E-state index contributed by atoms with van der Waals surface area (Å²) in [5.41, 5.74) is 1.25. The number of hydrogen-bond acceptors (Lipinski definition) is 7. The molecule has 0 saturated carbocycles. The fourth-order valence-corrected chi connectivity index (χ4v) is 3.60. The van der Waals surface area contributed by atoms with Gasteiger partial charge in [-0.05, 0) is 24.3 Å². The minimum atomic E-state index is -0.732. The van der Waals surface area contributed by atoms with Crippen LogP contribution < -0.4 is 4.74 Å². The van der Waals surface area contributed by atoms with Crippen LogP contribution in [0.5, 0.6) is 5.75 Å². The minimum Gasteiger partial charge on any atom is -0.497 e. The van der Waals surface area contributed by atoms with Gasteiger partial charge in [0.15, 0.2) is 5.16 Å². The van der Waals surface area contributed by atoms with E-state index in [1.807, 2.05) is 24.3 Å². The summed E-state index contributed by atoms with van der Waals surface area (Å²) in [7, 11) is 1.58. The molecule has 2 heterocycles. The number of rotatable bonds is 6. The van der Waals surface area contributed by atoms with Gasteiger partial charge >= 0.3 is 5.97 Å². The summed E-state index contributed by atoms with van der Waals surface area (Å²) in [6.07, 6.45) is 3.36. The molecule has 2 amide bonds. The van der Waals surface area contributed by atoms with Crippen molar-refractivity contribution in [3.8, 4) is 11.4 Å². The zero-order chi connectivity index (χ0) is 20.4. The van der Waals surface area contributed by atoms with Crippen LogP contribution in [0.1, 0.15) is 20.7 Å². The van der Waals surface area contributed by atoms with Crippen molar-refractivity contribution >= 4 is 29.5 Å². The van der Waals surface area contributed by atoms with Gasteiger partial charge in [-0.25, -0.2) is 9.78 Å². The molecule has 1 aliphatic heterocycles. The van der Waals surface area contributed by atoms with Crippen LogP contribution in [0.2, 0.25) is 0 Å². The van der Waals surface area contributed by atoms with Crippen molar-refractivity contribution in [1.29, 1.82) is 0 Å². The monoisotopic (exact) mass is 409 g/mol. The molecule has 0 N–H and O–H groups in total. The zero-order valence-electron chi connectivity index (χ0n) is 15.3. The SMILES string of the molecule is COc1cccc(-n2ccnc2SCC(=O)ON2C(=O)c3ccccc3C2=O)c1. The van der Waals surface area contributed by atoms with Crippen molar-refractivity contribution in [3.05, 3.63) is 72.1 Å². The number of imide groups is 1. The minimum absolute atomic E-state index is 0.131. The van der Waals surface area contributed by atoms with Gasteiger partial charge in [-0.3, -0.25) is 14.2 Å². The van der Waals surface area contributed by atoms with Gasteiger partial charge in [0.1, 0.15) is 11.5 Å². The van der Waals surface area contributed by atoms with E-state index in [4.69, 9.17) is 9.57 Å². The molecule has 3 aromatic rings. The molecule has 0 aliphatic carbocycles. The number of hydroxylamine groups is 2. The Morgan fingerprint density at radius 3 is 2.48 bits per heavy atom. The topological polar surface area (TPSA) is 90.7 Å². The number of benzene rings is 2. The Bertz CT molecular complexity index is 1080. The Morgan fingerprint density at radius 1 is 1.07 bits per heavy atom. The highest BCUT2D eigenvalue weighted by Crippen LogP contribution is 2.25. The Kier molecular flexibility index (Phi) is 5.05. The Morgan fingerprint density at radius 2 is 1.79 bits per heavy atom. The highest BCUT2D eigenvalue weighted by atomic mass is 32.2. The van der Waals surface area contributed by atoms with Gasteiger partial charge in [-0.15, -0.1) is 0 Å². The van der Waals surface area contributed by atoms with Crippen molar-refractivity contribution in [1.82, 2.24) is 14.6 Å². The molecule has 0 radical (unpaired) electrons. The van der Waals surface area contributed by atoms with Crippen molar-refractivity contribution in [2.75, 3.05) is 12.9 Å². The molecule has 2 aromatic carbocycles. The summed E-state index contributed by atoms with van der Waals surface area (Å²) in [4.78, 5) is 46.0. The first-order chi connectivity index (χ1) is 14.1. The van der Waals surface area contributed by atoms with E-state index in [0.29, 0.717) is 16.0 Å². The maximum absolute atomic E-state index is 12.3. The first-order valence-electron chi connectivity index (χ1n) is 8.57. The Labute approximate surface area is 170 Å². The normalized spacial score (nSPS) is 12.8. The number of imidazole rings is 1. The van der Waals surface area contributed by atoms with Crippen molar-refractivity contribution in [2.45, 2.75) is 5.16 Å². The fraction of sp³-hybridized carbons (Fsp3) is 0.100. The number of methoxy groups -OCH3 is 1. The number of aromatic nitrogens is 2. The predicted octanol–water partition coefficient (Wildman–Crippen LogP) is 2.73. The summed E-state index contributed by atoms with van der Waals surface area (Å²) in [6, 6.07) is 13.7. The van der Waals surface area contributed by atoms with Gasteiger partial charge in [0, 0.05) is 18.5 Å². The van der Waals surface area contributed by atoms with Crippen LogP contribution in [0.3, 0.4) is 0 Å². The molecule has 0 unspecified atom stereocenters. The number of ether oxygens (including phenoxy) is 1. The van der Waals surface area contributed by atoms with E-state index in [2.05, 4.69) is 4.98 Å². The van der Waals surface area contributed by atoms with Crippen LogP contribution >= 0.6 is 11.8 Å². The van der Waals surface area contributed by atoms with Crippen molar-refractivity contribution in [3.63, 3.8) is 0 Å². The van der Waals surface area contributed by atoms with Crippen molar-refractivity contribution in [2.24, 2.45) is 0 Å². The van der Waals surface area contributed by atoms with E-state index in [0.717, 1.165) is 17.4 Å². The lowest BCUT2D eigenvalue weighted by molar-refractivity contribution is -0.165. The third kappa shape index (κ3) is 3.59. The van der Waals surface area contributed by atoms with Crippen molar-refractivity contribution < 1.29 is 24.0 Å². The average molecular weight is 409 g/mol. The average Bonchev–Trinajstić information content (AvgIpc) is 3.32. The van der Waals surface area contributed by atoms with Gasteiger partial charge in [0.2, 0.25) is 0 Å². The molecule has 1 aromatic heterocycles. The van der Waals surface area contributed by atoms with Gasteiger partial charge in [-0.2, -0.15) is 0 Å². The third-order valence-corrected chi connectivity index (χ3v) is 5.15. The summed E-state index contributed by atoms with van der Waals surface area (Å²) in [5.74, 6) is -1.47. The first-order valence-corrected chi connectivity index (χ1v) is 9.56. The molecule has 1 aliphatic rings. The summed E-state index contributed by atoms with van der Waals surface area (Å²) >= 11 is 1.13. The smallest absolute Gasteiger partial charge is 0.343 e. The predicted molar refractivity (Wildman–Crippen MR) is 104 cm³/mol. The number of hydrogen-bond donors (Lipinski definition) is 0. The highest BCUT2D eigenvalue weighted by molar-refractivity contribution is 7.99. The fourth-order valence-electron chi connectivity index (χ4n) is 2.86. The maximum Gasteiger partial charge on any atom is 0.343 e. The van der Waals surface area contributed by atoms with E-state index >= 15 is 0 Å². The molecule has 8 nitrogen and oxygen atoms in total. The third-order valence-electron chi connectivity index (χ3n) is 4.21. The molecule has 0 atom stereocenters. The number of amides is 2. The molecule has 0 saturated heterocycles. The largest absolute Gasteiger partial charge is 0.497 e. The lowest BCUT2D eigenvalue weighted by atomic mass is 10.1. The van der Waals surface area contributed by atoms with Crippen LogP contribution in [0.4, 0.5) is 0 Å². The summed E-state index contributed by atoms with van der Waals surface area (Å²) in [5, 5.41) is 1.06. The number of carbonyl (C=O) groups is 3. The van der Waals surface area contributed by atoms with Crippen LogP contribution in [0.15, 0.2) is 66.1 Å². The van der Waals surface area contributed by atoms with E-state index < -0.39 is 17.8 Å². The van der Waals surface area contributed by atoms with E-state index in [1.165, 1.54) is 12.1 Å². The number of fused-ring (bicyclic) bond motifs is 1. The van der Waals surface area contributed by atoms with Crippen LogP contribution in [0, 0.1) is 0 Å². The second kappa shape index (κ2) is 7.80. The number of carbonyl (C=O) groups excluding carboxylic acids is 3.